The van der Waals surface area contributed by atoms with Crippen LogP contribution < -0.4 is 4.74 Å². The Balaban J connectivity index is 1.88. The number of aromatic nitrogens is 4. The minimum absolute atomic E-state index is 0.00242. The number of benzene rings is 1. The smallest absolute Gasteiger partial charge is 0.417 e. The maximum atomic E-state index is 12.6. The fourth-order valence-electron chi connectivity index (χ4n) is 2.26. The minimum atomic E-state index is -4.47. The molecule has 0 aliphatic heterocycles. The number of fused-ring (bicyclic) bond motifs is 1. The number of alkyl halides is 3. The number of pyridine rings is 1. The molecule has 0 saturated carbocycles. The zero-order valence-corrected chi connectivity index (χ0v) is 13.7. The predicted octanol–water partition coefficient (Wildman–Crippen LogP) is 3.37. The Bertz CT molecular complexity index is 938. The number of rotatable bonds is 4. The number of carbonyl (C=O) groups is 1. The van der Waals surface area contributed by atoms with Gasteiger partial charge in [-0.25, -0.2) is 14.5 Å². The van der Waals surface area contributed by atoms with Gasteiger partial charge in [0.15, 0.2) is 0 Å². The molecule has 0 bridgehead atoms. The van der Waals surface area contributed by atoms with Gasteiger partial charge in [-0.1, -0.05) is 5.21 Å². The average Bonchev–Trinajstić information content (AvgIpc) is 3.03. The van der Waals surface area contributed by atoms with Gasteiger partial charge in [0.2, 0.25) is 5.88 Å². The number of methoxy groups -OCH3 is 1. The molecule has 0 N–H and O–H groups in total. The summed E-state index contributed by atoms with van der Waals surface area (Å²) in [6.07, 6.45) is -3.77. The molecule has 1 atom stereocenters. The molecule has 0 radical (unpaired) electrons. The van der Waals surface area contributed by atoms with Crippen molar-refractivity contribution in [2.45, 2.75) is 19.1 Å². The number of esters is 1. The molecule has 1 unspecified atom stereocenters. The zero-order valence-electron chi connectivity index (χ0n) is 13.7. The molecule has 136 valence electrons. The number of carbonyl (C=O) groups excluding carboxylic acids is 1. The van der Waals surface area contributed by atoms with Crippen LogP contribution in [0.1, 0.15) is 18.5 Å². The predicted molar refractivity (Wildman–Crippen MR) is 83.6 cm³/mol. The van der Waals surface area contributed by atoms with Crippen LogP contribution in [-0.2, 0) is 15.7 Å². The van der Waals surface area contributed by atoms with E-state index in [2.05, 4.69) is 20.0 Å². The maximum absolute atomic E-state index is 12.6. The molecule has 0 amide bonds. The minimum Gasteiger partial charge on any atom is -0.467 e. The van der Waals surface area contributed by atoms with Gasteiger partial charge in [0.25, 0.3) is 0 Å². The molecule has 10 heteroatoms. The molecule has 26 heavy (non-hydrogen) atoms. The molecule has 0 aliphatic rings. The standard InChI is InChI=1S/C16H13F3N4O3/c1-9(15(24)25-2)23-13-7-11(4-5-12(13)21-22-23)26-14-6-3-10(8-20-14)16(17,18)19/h3-9H,1-2H3. The van der Waals surface area contributed by atoms with Gasteiger partial charge >= 0.3 is 12.1 Å². The molecule has 3 rings (SSSR count). The molecule has 0 fully saturated rings. The van der Waals surface area contributed by atoms with Crippen LogP contribution in [0, 0.1) is 0 Å². The van der Waals surface area contributed by atoms with Crippen molar-refractivity contribution in [2.75, 3.05) is 7.11 Å². The lowest BCUT2D eigenvalue weighted by atomic mass is 10.2. The molecule has 0 saturated heterocycles. The number of nitrogens with zero attached hydrogens (tertiary/aromatic N) is 4. The van der Waals surface area contributed by atoms with Crippen molar-refractivity contribution < 1.29 is 27.4 Å². The first kappa shape index (κ1) is 17.6. The van der Waals surface area contributed by atoms with Crippen LogP contribution in [0.5, 0.6) is 11.6 Å². The number of ether oxygens (including phenoxy) is 2. The normalized spacial score (nSPS) is 12.8. The summed E-state index contributed by atoms with van der Waals surface area (Å²) in [5.74, 6) is -0.185. The van der Waals surface area contributed by atoms with Gasteiger partial charge in [0, 0.05) is 18.3 Å². The lowest BCUT2D eigenvalue weighted by Gasteiger charge is -2.11. The van der Waals surface area contributed by atoms with Gasteiger partial charge in [-0.05, 0) is 25.1 Å². The first-order chi connectivity index (χ1) is 12.3. The van der Waals surface area contributed by atoms with Crippen LogP contribution in [0.2, 0.25) is 0 Å². The molecule has 1 aromatic carbocycles. The van der Waals surface area contributed by atoms with Crippen LogP contribution >= 0.6 is 0 Å². The average molecular weight is 366 g/mol. The monoisotopic (exact) mass is 366 g/mol. The molecule has 3 aromatic rings. The summed E-state index contributed by atoms with van der Waals surface area (Å²) in [5, 5.41) is 7.87. The van der Waals surface area contributed by atoms with E-state index in [9.17, 15) is 18.0 Å². The summed E-state index contributed by atoms with van der Waals surface area (Å²) >= 11 is 0. The largest absolute Gasteiger partial charge is 0.467 e. The lowest BCUT2D eigenvalue weighted by Crippen LogP contribution is -2.18. The molecular weight excluding hydrogens is 353 g/mol. The second-order valence-electron chi connectivity index (χ2n) is 5.37. The summed E-state index contributed by atoms with van der Waals surface area (Å²) in [4.78, 5) is 15.4. The molecule has 0 aliphatic carbocycles. The number of hydrogen-bond acceptors (Lipinski definition) is 6. The maximum Gasteiger partial charge on any atom is 0.417 e. The van der Waals surface area contributed by atoms with Crippen molar-refractivity contribution >= 4 is 17.0 Å². The third-order valence-corrected chi connectivity index (χ3v) is 3.64. The summed E-state index contributed by atoms with van der Waals surface area (Å²) in [5.41, 5.74) is 0.162. The third kappa shape index (κ3) is 3.44. The first-order valence-corrected chi connectivity index (χ1v) is 7.43. The van der Waals surface area contributed by atoms with E-state index in [-0.39, 0.29) is 5.88 Å². The Morgan fingerprint density at radius 1 is 1.23 bits per heavy atom. The van der Waals surface area contributed by atoms with Crippen LogP contribution in [-0.4, -0.2) is 33.1 Å². The zero-order chi connectivity index (χ0) is 18.9. The van der Waals surface area contributed by atoms with Gasteiger partial charge in [-0.2, -0.15) is 13.2 Å². The van der Waals surface area contributed by atoms with Gasteiger partial charge in [-0.15, -0.1) is 5.10 Å². The highest BCUT2D eigenvalue weighted by molar-refractivity contribution is 5.80. The molecular formula is C16H13F3N4O3. The van der Waals surface area contributed by atoms with Crippen LogP contribution in [0.15, 0.2) is 36.5 Å². The van der Waals surface area contributed by atoms with E-state index in [1.807, 2.05) is 0 Å². The molecule has 0 spiro atoms. The summed E-state index contributed by atoms with van der Waals surface area (Å²) in [6, 6.07) is 6.05. The van der Waals surface area contributed by atoms with Crippen molar-refractivity contribution in [3.63, 3.8) is 0 Å². The van der Waals surface area contributed by atoms with Crippen molar-refractivity contribution in [2.24, 2.45) is 0 Å². The first-order valence-electron chi connectivity index (χ1n) is 7.43. The second kappa shape index (κ2) is 6.62. The number of hydrogen-bond donors (Lipinski definition) is 0. The molecule has 7 nitrogen and oxygen atoms in total. The Morgan fingerprint density at radius 2 is 2.00 bits per heavy atom. The summed E-state index contributed by atoms with van der Waals surface area (Å²) < 4.78 is 49.2. The fourth-order valence-corrected chi connectivity index (χ4v) is 2.26. The van der Waals surface area contributed by atoms with Gasteiger partial charge < -0.3 is 9.47 Å². The van der Waals surface area contributed by atoms with Crippen molar-refractivity contribution in [1.29, 1.82) is 0 Å². The van der Waals surface area contributed by atoms with Gasteiger partial charge in [0.1, 0.15) is 17.3 Å². The Morgan fingerprint density at radius 3 is 2.62 bits per heavy atom. The van der Waals surface area contributed by atoms with E-state index in [0.717, 1.165) is 12.1 Å². The number of halogens is 3. The Hall–Kier alpha value is -3.17. The highest BCUT2D eigenvalue weighted by atomic mass is 19.4. The Labute approximate surface area is 145 Å². The van der Waals surface area contributed by atoms with E-state index < -0.39 is 23.8 Å². The second-order valence-corrected chi connectivity index (χ2v) is 5.37. The van der Waals surface area contributed by atoms with Crippen molar-refractivity contribution in [1.82, 2.24) is 20.0 Å². The van der Waals surface area contributed by atoms with Crippen LogP contribution in [0.25, 0.3) is 11.0 Å². The Kier molecular flexibility index (Phi) is 4.49. The van der Waals surface area contributed by atoms with E-state index in [0.29, 0.717) is 23.0 Å². The van der Waals surface area contributed by atoms with E-state index in [1.54, 1.807) is 25.1 Å². The lowest BCUT2D eigenvalue weighted by molar-refractivity contribution is -0.144. The highest BCUT2D eigenvalue weighted by Gasteiger charge is 2.30. The van der Waals surface area contributed by atoms with Gasteiger partial charge in [0.05, 0.1) is 18.2 Å². The quantitative estimate of drug-likeness (QED) is 0.659. The van der Waals surface area contributed by atoms with Crippen molar-refractivity contribution in [3.05, 3.63) is 42.1 Å². The highest BCUT2D eigenvalue weighted by Crippen LogP contribution is 2.30. The molecule has 2 heterocycles. The SMILES string of the molecule is COC(=O)C(C)n1nnc2ccc(Oc3ccc(C(F)(F)F)cn3)cc21. The van der Waals surface area contributed by atoms with E-state index >= 15 is 0 Å². The van der Waals surface area contributed by atoms with E-state index in [4.69, 9.17) is 4.74 Å². The van der Waals surface area contributed by atoms with Crippen molar-refractivity contribution in [3.8, 4) is 11.6 Å². The summed E-state index contributed by atoms with van der Waals surface area (Å²) in [7, 11) is 1.27. The summed E-state index contributed by atoms with van der Waals surface area (Å²) in [6.45, 7) is 1.60. The van der Waals surface area contributed by atoms with E-state index in [1.165, 1.54) is 11.8 Å². The van der Waals surface area contributed by atoms with Crippen LogP contribution in [0.3, 0.4) is 0 Å². The van der Waals surface area contributed by atoms with Crippen LogP contribution in [0.4, 0.5) is 13.2 Å². The topological polar surface area (TPSA) is 79.1 Å². The molecule has 2 aromatic heterocycles. The fraction of sp³-hybridized carbons (Fsp3) is 0.250. The third-order valence-electron chi connectivity index (χ3n) is 3.64. The van der Waals surface area contributed by atoms with Gasteiger partial charge in [-0.3, -0.25) is 0 Å².